The largest absolute Gasteiger partial charge is 0.507 e. The van der Waals surface area contributed by atoms with E-state index < -0.39 is 0 Å². The molecule has 1 fully saturated rings. The van der Waals surface area contributed by atoms with Crippen molar-refractivity contribution in [3.63, 3.8) is 0 Å². The van der Waals surface area contributed by atoms with E-state index in [4.69, 9.17) is 24.2 Å². The zero-order chi connectivity index (χ0) is 21.4. The molecule has 0 aliphatic carbocycles. The van der Waals surface area contributed by atoms with Crippen LogP contribution in [0.15, 0.2) is 36.4 Å². The van der Waals surface area contributed by atoms with Crippen molar-refractivity contribution in [2.75, 3.05) is 32.2 Å². The number of rotatable bonds is 4. The Morgan fingerprint density at radius 1 is 0.903 bits per heavy atom. The van der Waals surface area contributed by atoms with Crippen molar-refractivity contribution >= 4 is 5.82 Å². The third-order valence-corrected chi connectivity index (χ3v) is 5.92. The summed E-state index contributed by atoms with van der Waals surface area (Å²) in [6, 6.07) is 10.9. The van der Waals surface area contributed by atoms with Gasteiger partial charge in [0.25, 0.3) is 0 Å². The number of methoxy groups -OCH3 is 2. The van der Waals surface area contributed by atoms with Gasteiger partial charge in [-0.2, -0.15) is 4.98 Å². The van der Waals surface area contributed by atoms with E-state index in [0.29, 0.717) is 29.4 Å². The van der Waals surface area contributed by atoms with Gasteiger partial charge in [0.1, 0.15) is 34.4 Å². The molecule has 0 amide bonds. The Bertz CT molecular complexity index is 1130. The Labute approximate surface area is 181 Å². The van der Waals surface area contributed by atoms with Crippen molar-refractivity contribution in [1.82, 2.24) is 9.97 Å². The Morgan fingerprint density at radius 2 is 1.65 bits per heavy atom. The second-order valence-corrected chi connectivity index (χ2v) is 7.77. The molecule has 2 aliphatic rings. The van der Waals surface area contributed by atoms with E-state index in [0.717, 1.165) is 54.4 Å². The highest BCUT2D eigenvalue weighted by Crippen LogP contribution is 2.45. The van der Waals surface area contributed by atoms with Crippen LogP contribution in [-0.4, -0.2) is 42.4 Å². The smallest absolute Gasteiger partial charge is 0.228 e. The van der Waals surface area contributed by atoms with Crippen LogP contribution in [0.4, 0.5) is 5.82 Å². The van der Waals surface area contributed by atoms with Crippen LogP contribution in [0.2, 0.25) is 0 Å². The fourth-order valence-corrected chi connectivity index (χ4v) is 4.37. The number of benzene rings is 2. The van der Waals surface area contributed by atoms with Gasteiger partial charge in [0.2, 0.25) is 5.88 Å². The van der Waals surface area contributed by atoms with Gasteiger partial charge in [-0.25, -0.2) is 4.98 Å². The van der Waals surface area contributed by atoms with Crippen molar-refractivity contribution in [1.29, 1.82) is 0 Å². The van der Waals surface area contributed by atoms with Gasteiger partial charge in [0, 0.05) is 25.1 Å². The Balaban J connectivity index is 1.69. The van der Waals surface area contributed by atoms with E-state index in [2.05, 4.69) is 4.90 Å². The number of hydrogen-bond donors (Lipinski definition) is 1. The first-order valence-electron chi connectivity index (χ1n) is 10.6. The zero-order valence-corrected chi connectivity index (χ0v) is 17.7. The third-order valence-electron chi connectivity index (χ3n) is 5.92. The lowest BCUT2D eigenvalue weighted by molar-refractivity contribution is 0.392. The molecule has 0 spiro atoms. The van der Waals surface area contributed by atoms with Crippen LogP contribution in [0, 0.1) is 0 Å². The highest BCUT2D eigenvalue weighted by atomic mass is 16.5. The van der Waals surface area contributed by atoms with E-state index in [-0.39, 0.29) is 5.75 Å². The Kier molecular flexibility index (Phi) is 5.02. The second kappa shape index (κ2) is 7.98. The number of phenolic OH excluding ortho intramolecular Hbond substituents is 1. The molecule has 3 heterocycles. The number of aromatic hydroxyl groups is 1. The van der Waals surface area contributed by atoms with E-state index in [1.54, 1.807) is 32.4 Å². The van der Waals surface area contributed by atoms with Crippen molar-refractivity contribution in [2.24, 2.45) is 0 Å². The lowest BCUT2D eigenvalue weighted by Gasteiger charge is -2.32. The maximum Gasteiger partial charge on any atom is 0.228 e. The number of phenols is 1. The van der Waals surface area contributed by atoms with Gasteiger partial charge in [-0.15, -0.1) is 0 Å². The summed E-state index contributed by atoms with van der Waals surface area (Å²) in [5, 5.41) is 10.6. The summed E-state index contributed by atoms with van der Waals surface area (Å²) >= 11 is 0. The molecule has 1 N–H and O–H groups in total. The molecule has 2 aliphatic heterocycles. The lowest BCUT2D eigenvalue weighted by Crippen LogP contribution is -2.32. The molecule has 0 bridgehead atoms. The van der Waals surface area contributed by atoms with Crippen LogP contribution >= 0.6 is 0 Å². The zero-order valence-electron chi connectivity index (χ0n) is 17.7. The Morgan fingerprint density at radius 3 is 2.42 bits per heavy atom. The van der Waals surface area contributed by atoms with Crippen molar-refractivity contribution in [3.8, 4) is 40.3 Å². The minimum Gasteiger partial charge on any atom is -0.507 e. The van der Waals surface area contributed by atoms with Crippen LogP contribution in [0.1, 0.15) is 30.4 Å². The number of nitrogens with zero attached hydrogens (tertiary/aromatic N) is 3. The predicted octanol–water partition coefficient (Wildman–Crippen LogP) is 4.55. The maximum atomic E-state index is 10.6. The molecule has 0 saturated carbocycles. The molecule has 3 aromatic rings. The number of ether oxygens (including phenoxy) is 3. The normalized spacial score (nSPS) is 15.0. The standard InChI is InChI=1S/C24H25N3O4/c1-29-18-9-7-10-19-15(18)14-16-23(27-12-4-3-5-13-27)25-22(26-24(16)31-19)21-17(28)8-6-11-20(21)30-2/h6-11,28H,3-5,12-14H2,1-2H3. The molecular weight excluding hydrogens is 394 g/mol. The van der Waals surface area contributed by atoms with Gasteiger partial charge in [0.05, 0.1) is 19.8 Å². The summed E-state index contributed by atoms with van der Waals surface area (Å²) in [5.74, 6) is 3.85. The van der Waals surface area contributed by atoms with Crippen molar-refractivity contribution in [2.45, 2.75) is 25.7 Å². The van der Waals surface area contributed by atoms with Crippen LogP contribution < -0.4 is 19.1 Å². The molecule has 0 unspecified atom stereocenters. The van der Waals surface area contributed by atoms with Gasteiger partial charge >= 0.3 is 0 Å². The van der Waals surface area contributed by atoms with Gasteiger partial charge in [0.15, 0.2) is 5.82 Å². The molecule has 0 radical (unpaired) electrons. The SMILES string of the molecule is COc1cccc2c1Cc1c(nc(-c3c(O)cccc3OC)nc1N1CCCCC1)O2. The van der Waals surface area contributed by atoms with Crippen LogP contribution in [0.3, 0.4) is 0 Å². The monoisotopic (exact) mass is 419 g/mol. The van der Waals surface area contributed by atoms with Gasteiger partial charge in [-0.3, -0.25) is 0 Å². The number of anilines is 1. The average Bonchev–Trinajstić information content (AvgIpc) is 2.82. The average molecular weight is 419 g/mol. The topological polar surface area (TPSA) is 76.9 Å². The third kappa shape index (κ3) is 3.40. The lowest BCUT2D eigenvalue weighted by atomic mass is 10.00. The van der Waals surface area contributed by atoms with Gasteiger partial charge in [-0.05, 0) is 43.5 Å². The van der Waals surface area contributed by atoms with Gasteiger partial charge < -0.3 is 24.2 Å². The van der Waals surface area contributed by atoms with E-state index in [1.807, 2.05) is 18.2 Å². The summed E-state index contributed by atoms with van der Waals surface area (Å²) in [5.41, 5.74) is 2.40. The summed E-state index contributed by atoms with van der Waals surface area (Å²) in [6.07, 6.45) is 4.08. The van der Waals surface area contributed by atoms with Crippen LogP contribution in [-0.2, 0) is 6.42 Å². The molecule has 1 aromatic heterocycles. The quantitative estimate of drug-likeness (QED) is 0.520. The number of hydrogen-bond acceptors (Lipinski definition) is 7. The summed E-state index contributed by atoms with van der Waals surface area (Å²) < 4.78 is 17.3. The van der Waals surface area contributed by atoms with E-state index in [1.165, 1.54) is 6.42 Å². The van der Waals surface area contributed by atoms with E-state index >= 15 is 0 Å². The van der Waals surface area contributed by atoms with Crippen molar-refractivity contribution in [3.05, 3.63) is 47.5 Å². The molecule has 2 aromatic carbocycles. The number of fused-ring (bicyclic) bond motifs is 2. The molecule has 160 valence electrons. The summed E-state index contributed by atoms with van der Waals surface area (Å²) in [6.45, 7) is 1.86. The fourth-order valence-electron chi connectivity index (χ4n) is 4.37. The molecular formula is C24H25N3O4. The number of piperidine rings is 1. The predicted molar refractivity (Wildman–Crippen MR) is 118 cm³/mol. The first-order valence-corrected chi connectivity index (χ1v) is 10.6. The van der Waals surface area contributed by atoms with Gasteiger partial charge in [-0.1, -0.05) is 12.1 Å². The molecule has 7 heteroatoms. The maximum absolute atomic E-state index is 10.6. The highest BCUT2D eigenvalue weighted by Gasteiger charge is 2.30. The molecule has 7 nitrogen and oxygen atoms in total. The first kappa shape index (κ1) is 19.5. The molecule has 5 rings (SSSR count). The number of aromatic nitrogens is 2. The minimum atomic E-state index is 0.0711. The first-order chi connectivity index (χ1) is 15.2. The van der Waals surface area contributed by atoms with E-state index in [9.17, 15) is 5.11 Å². The van der Waals surface area contributed by atoms with Crippen LogP contribution in [0.25, 0.3) is 11.4 Å². The summed E-state index contributed by atoms with van der Waals surface area (Å²) in [4.78, 5) is 11.9. The highest BCUT2D eigenvalue weighted by molar-refractivity contribution is 5.74. The Hall–Kier alpha value is -3.48. The summed E-state index contributed by atoms with van der Waals surface area (Å²) in [7, 11) is 3.24. The van der Waals surface area contributed by atoms with Crippen LogP contribution in [0.5, 0.6) is 28.9 Å². The minimum absolute atomic E-state index is 0.0711. The molecule has 31 heavy (non-hydrogen) atoms. The fraction of sp³-hybridized carbons (Fsp3) is 0.333. The van der Waals surface area contributed by atoms with Crippen molar-refractivity contribution < 1.29 is 19.3 Å². The molecule has 0 atom stereocenters. The second-order valence-electron chi connectivity index (χ2n) is 7.77. The molecule has 1 saturated heterocycles.